The van der Waals surface area contributed by atoms with Gasteiger partial charge in [0.05, 0.1) is 30.2 Å². The minimum absolute atomic E-state index is 0.0177. The van der Waals surface area contributed by atoms with Crippen LogP contribution in [0.25, 0.3) is 16.5 Å². The summed E-state index contributed by atoms with van der Waals surface area (Å²) >= 11 is 0. The summed E-state index contributed by atoms with van der Waals surface area (Å²) in [5, 5.41) is 10.4. The molecule has 1 saturated heterocycles. The summed E-state index contributed by atoms with van der Waals surface area (Å²) in [6.07, 6.45) is 10.4. The van der Waals surface area contributed by atoms with Crippen molar-refractivity contribution >= 4 is 34.1 Å². The number of nitrogens with zero attached hydrogens (tertiary/aromatic N) is 2. The Morgan fingerprint density at radius 3 is 2.51 bits per heavy atom. The van der Waals surface area contributed by atoms with Gasteiger partial charge >= 0.3 is 5.97 Å². The van der Waals surface area contributed by atoms with Crippen molar-refractivity contribution in [2.75, 3.05) is 20.2 Å². The maximum atomic E-state index is 13.7. The van der Waals surface area contributed by atoms with E-state index in [1.54, 1.807) is 25.3 Å². The van der Waals surface area contributed by atoms with Crippen molar-refractivity contribution in [3.8, 4) is 11.5 Å². The third-order valence-electron chi connectivity index (χ3n) is 8.97. The number of ketones is 1. The molecule has 8 nitrogen and oxygen atoms in total. The van der Waals surface area contributed by atoms with E-state index in [1.807, 2.05) is 30.0 Å². The number of likely N-dealkylation sites (tertiary alicyclic amines) is 1. The van der Waals surface area contributed by atoms with Gasteiger partial charge in [-0.2, -0.15) is 0 Å². The molecule has 1 aromatic heterocycles. The van der Waals surface area contributed by atoms with Crippen LogP contribution in [0.5, 0.6) is 11.5 Å². The Morgan fingerprint density at radius 1 is 1.14 bits per heavy atom. The largest absolute Gasteiger partial charge is 0.496 e. The number of ether oxygens (including phenoxy) is 2. The van der Waals surface area contributed by atoms with Gasteiger partial charge in [0.15, 0.2) is 5.78 Å². The standard InChI is InChI=1S/C35H36N2O6/c1-5-22(15-23(6-2)34(40)41)24-7-10-30-27(16-24)29(38)19-35(43-30)11-13-36(14-12-35)33(39)25-17-28-32(31(18-25)42-4)21(3)20-37(28)26-8-9-26/h5-7,10,15-18,20,26H,2,8-9,11-14,19H2,1,3-4H3,(H,40,41)/b22-5+,23-15+. The molecule has 2 aromatic carbocycles. The number of benzene rings is 2. The second-order valence-corrected chi connectivity index (χ2v) is 11.8. The zero-order chi connectivity index (χ0) is 30.5. The summed E-state index contributed by atoms with van der Waals surface area (Å²) in [5.74, 6) is 0.101. The van der Waals surface area contributed by atoms with Gasteiger partial charge < -0.3 is 24.0 Å². The van der Waals surface area contributed by atoms with Gasteiger partial charge in [0.1, 0.15) is 17.1 Å². The van der Waals surface area contributed by atoms with Gasteiger partial charge in [0, 0.05) is 49.1 Å². The number of amides is 1. The smallest absolute Gasteiger partial charge is 0.335 e. The molecule has 1 aliphatic carbocycles. The summed E-state index contributed by atoms with van der Waals surface area (Å²) in [6.45, 7) is 8.43. The molecule has 43 heavy (non-hydrogen) atoms. The highest BCUT2D eigenvalue weighted by Gasteiger charge is 2.44. The second-order valence-electron chi connectivity index (χ2n) is 11.8. The van der Waals surface area contributed by atoms with E-state index in [4.69, 9.17) is 9.47 Å². The molecular weight excluding hydrogens is 544 g/mol. The van der Waals surface area contributed by atoms with Gasteiger partial charge in [0.2, 0.25) is 0 Å². The van der Waals surface area contributed by atoms with Crippen molar-refractivity contribution in [3.63, 3.8) is 0 Å². The Kier molecular flexibility index (Phi) is 7.24. The number of carbonyl (C=O) groups excluding carboxylic acids is 2. The van der Waals surface area contributed by atoms with E-state index in [9.17, 15) is 19.5 Å². The van der Waals surface area contributed by atoms with Crippen LogP contribution in [0.3, 0.4) is 0 Å². The number of rotatable bonds is 7. The minimum atomic E-state index is -1.07. The van der Waals surface area contributed by atoms with Crippen molar-refractivity contribution in [2.45, 2.75) is 57.6 Å². The molecule has 3 aliphatic rings. The third kappa shape index (κ3) is 5.15. The lowest BCUT2D eigenvalue weighted by Crippen LogP contribution is -2.52. The number of carboxylic acids is 1. The molecule has 1 N–H and O–H groups in total. The van der Waals surface area contributed by atoms with E-state index < -0.39 is 11.6 Å². The van der Waals surface area contributed by atoms with Crippen molar-refractivity contribution < 1.29 is 29.0 Å². The molecule has 222 valence electrons. The number of piperidine rings is 1. The highest BCUT2D eigenvalue weighted by Crippen LogP contribution is 2.43. The molecule has 3 aromatic rings. The third-order valence-corrected chi connectivity index (χ3v) is 8.97. The Morgan fingerprint density at radius 2 is 1.88 bits per heavy atom. The minimum Gasteiger partial charge on any atom is -0.496 e. The first-order chi connectivity index (χ1) is 20.7. The number of methoxy groups -OCH3 is 1. The average molecular weight is 581 g/mol. The summed E-state index contributed by atoms with van der Waals surface area (Å²) in [6, 6.07) is 9.70. The molecule has 0 atom stereocenters. The molecule has 3 heterocycles. The monoisotopic (exact) mass is 580 g/mol. The predicted molar refractivity (Wildman–Crippen MR) is 165 cm³/mol. The second kappa shape index (κ2) is 10.9. The zero-order valence-corrected chi connectivity index (χ0v) is 24.8. The molecule has 0 unspecified atom stereocenters. The number of carboxylic acid groups (broad SMARTS) is 1. The lowest BCUT2D eigenvalue weighted by molar-refractivity contribution is -0.132. The lowest BCUT2D eigenvalue weighted by Gasteiger charge is -2.44. The number of fused-ring (bicyclic) bond motifs is 2. The van der Waals surface area contributed by atoms with Crippen LogP contribution in [-0.2, 0) is 4.79 Å². The van der Waals surface area contributed by atoms with E-state index in [1.165, 1.54) is 12.2 Å². The molecule has 0 bridgehead atoms. The van der Waals surface area contributed by atoms with E-state index in [-0.39, 0.29) is 23.7 Å². The molecule has 6 rings (SSSR count). The zero-order valence-electron chi connectivity index (χ0n) is 24.8. The van der Waals surface area contributed by atoms with Crippen LogP contribution in [0.4, 0.5) is 0 Å². The normalized spacial score (nSPS) is 18.4. The first-order valence-corrected chi connectivity index (χ1v) is 14.8. The summed E-state index contributed by atoms with van der Waals surface area (Å²) in [5.41, 5.74) is 4.08. The quantitative estimate of drug-likeness (QED) is 0.252. The first-order valence-electron chi connectivity index (χ1n) is 14.8. The number of hydrogen-bond donors (Lipinski definition) is 1. The Labute approximate surface area is 250 Å². The van der Waals surface area contributed by atoms with Crippen LogP contribution in [0.15, 0.2) is 66.9 Å². The van der Waals surface area contributed by atoms with E-state index in [0.717, 1.165) is 34.9 Å². The number of allylic oxidation sites excluding steroid dienone is 3. The number of aryl methyl sites for hydroxylation is 1. The molecule has 1 amide bonds. The number of aliphatic carboxylic acids is 1. The molecule has 8 heteroatoms. The summed E-state index contributed by atoms with van der Waals surface area (Å²) in [7, 11) is 1.64. The Bertz CT molecular complexity index is 1730. The van der Waals surface area contributed by atoms with Gasteiger partial charge in [-0.1, -0.05) is 24.8 Å². The molecule has 1 saturated carbocycles. The fraction of sp³-hybridized carbons (Fsp3) is 0.343. The fourth-order valence-electron chi connectivity index (χ4n) is 6.44. The van der Waals surface area contributed by atoms with Gasteiger partial charge in [-0.05, 0) is 73.7 Å². The lowest BCUT2D eigenvalue weighted by atomic mass is 9.81. The Balaban J connectivity index is 1.20. The topological polar surface area (TPSA) is 98.1 Å². The predicted octanol–water partition coefficient (Wildman–Crippen LogP) is 6.53. The van der Waals surface area contributed by atoms with Crippen LogP contribution in [0, 0.1) is 6.92 Å². The van der Waals surface area contributed by atoms with Gasteiger partial charge in [-0.25, -0.2) is 4.79 Å². The molecule has 1 spiro atoms. The molecule has 2 fully saturated rings. The summed E-state index contributed by atoms with van der Waals surface area (Å²) in [4.78, 5) is 40.4. The maximum absolute atomic E-state index is 13.7. The van der Waals surface area contributed by atoms with E-state index in [0.29, 0.717) is 60.2 Å². The molecular formula is C35H36N2O6. The number of hydrogen-bond acceptors (Lipinski definition) is 5. The SMILES string of the molecule is C=C/C(=C\C(=C/C)c1ccc2c(c1)C(=O)CC1(CCN(C(=O)c3cc(OC)c4c(C)cn(C5CC5)c4c3)CC1)O2)C(=O)O. The highest BCUT2D eigenvalue weighted by atomic mass is 16.5. The van der Waals surface area contributed by atoms with Crippen LogP contribution in [-0.4, -0.2) is 58.0 Å². The van der Waals surface area contributed by atoms with Gasteiger partial charge in [-0.15, -0.1) is 0 Å². The van der Waals surface area contributed by atoms with Gasteiger partial charge in [0.25, 0.3) is 5.91 Å². The van der Waals surface area contributed by atoms with Crippen LogP contribution in [0.2, 0.25) is 0 Å². The number of carbonyl (C=O) groups is 3. The van der Waals surface area contributed by atoms with Gasteiger partial charge in [-0.3, -0.25) is 9.59 Å². The first kappa shape index (κ1) is 28.5. The van der Waals surface area contributed by atoms with E-state index in [2.05, 4.69) is 24.3 Å². The molecule has 0 radical (unpaired) electrons. The van der Waals surface area contributed by atoms with Crippen LogP contribution < -0.4 is 9.47 Å². The van der Waals surface area contributed by atoms with Crippen molar-refractivity contribution in [3.05, 3.63) is 89.2 Å². The highest BCUT2D eigenvalue weighted by molar-refractivity contribution is 6.03. The fourth-order valence-corrected chi connectivity index (χ4v) is 6.44. The Hall–Kier alpha value is -4.59. The molecule has 2 aliphatic heterocycles. The maximum Gasteiger partial charge on any atom is 0.335 e. The van der Waals surface area contributed by atoms with Crippen molar-refractivity contribution in [2.24, 2.45) is 0 Å². The van der Waals surface area contributed by atoms with Crippen LogP contribution >= 0.6 is 0 Å². The summed E-state index contributed by atoms with van der Waals surface area (Å²) < 4.78 is 14.5. The van der Waals surface area contributed by atoms with Crippen molar-refractivity contribution in [1.82, 2.24) is 9.47 Å². The number of Topliss-reactive ketones (excluding diaryl/α,β-unsaturated/α-hetero) is 1. The van der Waals surface area contributed by atoms with E-state index >= 15 is 0 Å². The number of aromatic nitrogens is 1. The van der Waals surface area contributed by atoms with Crippen molar-refractivity contribution in [1.29, 1.82) is 0 Å². The van der Waals surface area contributed by atoms with Crippen LogP contribution in [0.1, 0.15) is 76.9 Å². The average Bonchev–Trinajstić information content (AvgIpc) is 3.80.